The maximum Gasteiger partial charge on any atom is 0.193 e. The highest BCUT2D eigenvalue weighted by atomic mass is 15.1. The van der Waals surface area contributed by atoms with Gasteiger partial charge in [-0.1, -0.05) is 48.5 Å². The minimum Gasteiger partial charge on any atom is -0.370 e. The first kappa shape index (κ1) is 12.7. The van der Waals surface area contributed by atoms with E-state index in [0.29, 0.717) is 17.8 Å². The van der Waals surface area contributed by atoms with Gasteiger partial charge < -0.3 is 11.1 Å². The van der Waals surface area contributed by atoms with Gasteiger partial charge in [-0.25, -0.2) is 0 Å². The van der Waals surface area contributed by atoms with Crippen LogP contribution >= 0.6 is 0 Å². The molecule has 2 aromatic rings. The lowest BCUT2D eigenvalue weighted by atomic mass is 10.1. The van der Waals surface area contributed by atoms with Crippen molar-refractivity contribution in [2.75, 3.05) is 11.9 Å². The summed E-state index contributed by atoms with van der Waals surface area (Å²) in [5.41, 5.74) is 8.30. The summed E-state index contributed by atoms with van der Waals surface area (Å²) in [7, 11) is 0. The molecule has 0 aliphatic heterocycles. The molecule has 102 valence electrons. The van der Waals surface area contributed by atoms with Gasteiger partial charge in [0, 0.05) is 12.2 Å². The smallest absolute Gasteiger partial charge is 0.193 e. The quantitative estimate of drug-likeness (QED) is 0.658. The van der Waals surface area contributed by atoms with Gasteiger partial charge in [0.2, 0.25) is 0 Å². The molecule has 1 aliphatic carbocycles. The zero-order chi connectivity index (χ0) is 13.8. The van der Waals surface area contributed by atoms with Gasteiger partial charge in [0.15, 0.2) is 5.96 Å². The van der Waals surface area contributed by atoms with Crippen molar-refractivity contribution in [1.29, 1.82) is 0 Å². The molecule has 0 aromatic heterocycles. The largest absolute Gasteiger partial charge is 0.370 e. The maximum atomic E-state index is 5.90. The fraction of sp³-hybridized carbons (Fsp3) is 0.235. The molecule has 0 bridgehead atoms. The second-order valence-electron chi connectivity index (χ2n) is 5.23. The number of nitrogens with one attached hydrogen (secondary N) is 1. The Morgan fingerprint density at radius 3 is 2.40 bits per heavy atom. The molecule has 0 spiro atoms. The lowest BCUT2D eigenvalue weighted by Crippen LogP contribution is -2.23. The van der Waals surface area contributed by atoms with Crippen molar-refractivity contribution in [2.24, 2.45) is 16.6 Å². The number of aliphatic imine (C=N–C) groups is 1. The Morgan fingerprint density at radius 1 is 1.05 bits per heavy atom. The molecule has 3 N–H and O–H groups in total. The summed E-state index contributed by atoms with van der Waals surface area (Å²) in [5, 5.41) is 3.11. The standard InChI is InChI=1S/C17H19N3/c18-17(20-15-9-5-2-6-10-15)19-12-14-11-16(14)13-7-3-1-4-8-13/h1-10,14,16H,11-12H2,(H3,18,19,20). The fourth-order valence-corrected chi connectivity index (χ4v) is 2.48. The number of guanidine groups is 1. The average Bonchev–Trinajstić information content (AvgIpc) is 3.27. The number of nitrogens with two attached hydrogens (primary N) is 1. The van der Waals surface area contributed by atoms with Gasteiger partial charge in [0.1, 0.15) is 0 Å². The molecule has 0 saturated heterocycles. The van der Waals surface area contributed by atoms with Crippen LogP contribution in [0.5, 0.6) is 0 Å². The van der Waals surface area contributed by atoms with Crippen LogP contribution in [-0.4, -0.2) is 12.5 Å². The molecular weight excluding hydrogens is 246 g/mol. The molecule has 3 rings (SSSR count). The molecule has 2 atom stereocenters. The predicted molar refractivity (Wildman–Crippen MR) is 83.8 cm³/mol. The summed E-state index contributed by atoms with van der Waals surface area (Å²) in [4.78, 5) is 4.44. The molecule has 0 amide bonds. The third-order valence-electron chi connectivity index (χ3n) is 3.69. The molecular formula is C17H19N3. The summed E-state index contributed by atoms with van der Waals surface area (Å²) in [6.07, 6.45) is 1.21. The number of rotatable bonds is 4. The van der Waals surface area contributed by atoms with E-state index in [9.17, 15) is 0 Å². The van der Waals surface area contributed by atoms with E-state index in [4.69, 9.17) is 5.73 Å². The number of anilines is 1. The zero-order valence-corrected chi connectivity index (χ0v) is 11.4. The number of benzene rings is 2. The minimum absolute atomic E-state index is 0.495. The van der Waals surface area contributed by atoms with Gasteiger partial charge in [-0.2, -0.15) is 0 Å². The van der Waals surface area contributed by atoms with Crippen LogP contribution in [0, 0.1) is 5.92 Å². The lowest BCUT2D eigenvalue weighted by molar-refractivity contribution is 0.809. The number of hydrogen-bond donors (Lipinski definition) is 2. The van der Waals surface area contributed by atoms with Crippen molar-refractivity contribution >= 4 is 11.6 Å². The first-order chi connectivity index (χ1) is 9.83. The Labute approximate surface area is 119 Å². The van der Waals surface area contributed by atoms with E-state index in [1.807, 2.05) is 30.3 Å². The van der Waals surface area contributed by atoms with Crippen LogP contribution in [-0.2, 0) is 0 Å². The van der Waals surface area contributed by atoms with Crippen molar-refractivity contribution in [3.05, 3.63) is 66.2 Å². The monoisotopic (exact) mass is 265 g/mol. The molecule has 1 saturated carbocycles. The summed E-state index contributed by atoms with van der Waals surface area (Å²) < 4.78 is 0. The third kappa shape index (κ3) is 3.18. The van der Waals surface area contributed by atoms with E-state index in [2.05, 4.69) is 40.6 Å². The van der Waals surface area contributed by atoms with Crippen molar-refractivity contribution in [2.45, 2.75) is 12.3 Å². The van der Waals surface area contributed by atoms with Crippen LogP contribution < -0.4 is 11.1 Å². The average molecular weight is 265 g/mol. The highest BCUT2D eigenvalue weighted by Gasteiger charge is 2.37. The van der Waals surface area contributed by atoms with Crippen LogP contribution in [0.1, 0.15) is 17.9 Å². The first-order valence-electron chi connectivity index (χ1n) is 7.00. The van der Waals surface area contributed by atoms with Crippen molar-refractivity contribution in [3.63, 3.8) is 0 Å². The topological polar surface area (TPSA) is 50.4 Å². The highest BCUT2D eigenvalue weighted by molar-refractivity contribution is 5.92. The number of hydrogen-bond acceptors (Lipinski definition) is 1. The van der Waals surface area contributed by atoms with Gasteiger partial charge in [0.05, 0.1) is 0 Å². The molecule has 2 unspecified atom stereocenters. The molecule has 0 radical (unpaired) electrons. The molecule has 1 fully saturated rings. The van der Waals surface area contributed by atoms with Gasteiger partial charge in [-0.05, 0) is 36.0 Å². The van der Waals surface area contributed by atoms with E-state index < -0.39 is 0 Å². The predicted octanol–water partition coefficient (Wildman–Crippen LogP) is 3.22. The van der Waals surface area contributed by atoms with E-state index in [1.165, 1.54) is 12.0 Å². The fourth-order valence-electron chi connectivity index (χ4n) is 2.48. The second-order valence-corrected chi connectivity index (χ2v) is 5.23. The van der Waals surface area contributed by atoms with E-state index >= 15 is 0 Å². The Bertz CT molecular complexity index is 578. The van der Waals surface area contributed by atoms with Crippen molar-refractivity contribution in [3.8, 4) is 0 Å². The third-order valence-corrected chi connectivity index (χ3v) is 3.69. The van der Waals surface area contributed by atoms with Gasteiger partial charge in [-0.3, -0.25) is 4.99 Å². The van der Waals surface area contributed by atoms with E-state index in [1.54, 1.807) is 0 Å². The highest BCUT2D eigenvalue weighted by Crippen LogP contribution is 2.47. The maximum absolute atomic E-state index is 5.90. The molecule has 3 nitrogen and oxygen atoms in total. The molecule has 1 aliphatic rings. The Hall–Kier alpha value is -2.29. The zero-order valence-electron chi connectivity index (χ0n) is 11.4. The number of para-hydroxylation sites is 1. The molecule has 3 heteroatoms. The summed E-state index contributed by atoms with van der Waals surface area (Å²) in [6, 6.07) is 20.5. The SMILES string of the molecule is NC(=NCC1CC1c1ccccc1)Nc1ccccc1. The Morgan fingerprint density at radius 2 is 1.70 bits per heavy atom. The summed E-state index contributed by atoms with van der Waals surface area (Å²) in [6.45, 7) is 0.797. The van der Waals surface area contributed by atoms with Crippen LogP contribution in [0.25, 0.3) is 0 Å². The van der Waals surface area contributed by atoms with E-state index in [-0.39, 0.29) is 0 Å². The Kier molecular flexibility index (Phi) is 3.68. The summed E-state index contributed by atoms with van der Waals surface area (Å²) >= 11 is 0. The second kappa shape index (κ2) is 5.78. The van der Waals surface area contributed by atoms with Crippen LogP contribution in [0.4, 0.5) is 5.69 Å². The minimum atomic E-state index is 0.495. The number of nitrogens with zero attached hydrogens (tertiary/aromatic N) is 1. The normalized spacial score (nSPS) is 21.5. The van der Waals surface area contributed by atoms with Gasteiger partial charge >= 0.3 is 0 Å². The molecule has 2 aromatic carbocycles. The molecule has 20 heavy (non-hydrogen) atoms. The summed E-state index contributed by atoms with van der Waals surface area (Å²) in [5.74, 6) is 1.79. The lowest BCUT2D eigenvalue weighted by Gasteiger charge is -2.05. The van der Waals surface area contributed by atoms with Gasteiger partial charge in [0.25, 0.3) is 0 Å². The van der Waals surface area contributed by atoms with Gasteiger partial charge in [-0.15, -0.1) is 0 Å². The van der Waals surface area contributed by atoms with Crippen LogP contribution in [0.3, 0.4) is 0 Å². The van der Waals surface area contributed by atoms with Crippen molar-refractivity contribution < 1.29 is 0 Å². The Balaban J connectivity index is 1.52. The van der Waals surface area contributed by atoms with Crippen LogP contribution in [0.15, 0.2) is 65.7 Å². The van der Waals surface area contributed by atoms with E-state index in [0.717, 1.165) is 12.2 Å². The van der Waals surface area contributed by atoms with Crippen molar-refractivity contribution in [1.82, 2.24) is 0 Å². The molecule has 0 heterocycles. The first-order valence-corrected chi connectivity index (χ1v) is 7.00. The van der Waals surface area contributed by atoms with Crippen LogP contribution in [0.2, 0.25) is 0 Å².